The Morgan fingerprint density at radius 3 is 2.72 bits per heavy atom. The Morgan fingerprint density at radius 2 is 2.11 bits per heavy atom. The lowest BCUT2D eigenvalue weighted by atomic mass is 10.3. The lowest BCUT2D eigenvalue weighted by Crippen LogP contribution is -2.07. The molecule has 5 nitrogen and oxygen atoms in total. The number of nitrogens with zero attached hydrogens (tertiary/aromatic N) is 4. The zero-order valence-electron chi connectivity index (χ0n) is 9.71. The van der Waals surface area contributed by atoms with E-state index < -0.39 is 0 Å². The van der Waals surface area contributed by atoms with Crippen molar-refractivity contribution in [3.63, 3.8) is 0 Å². The SMILES string of the molecule is Cn1nnc(CC(=O)CSc2ccc(Br)cc2)n1. The van der Waals surface area contributed by atoms with Crippen molar-refractivity contribution in [1.29, 1.82) is 0 Å². The Balaban J connectivity index is 1.83. The fourth-order valence-electron chi connectivity index (χ4n) is 1.32. The molecule has 0 saturated carbocycles. The van der Waals surface area contributed by atoms with Crippen molar-refractivity contribution < 1.29 is 4.79 Å². The van der Waals surface area contributed by atoms with E-state index in [-0.39, 0.29) is 12.2 Å². The summed E-state index contributed by atoms with van der Waals surface area (Å²) in [6.07, 6.45) is 0.234. The number of carbonyl (C=O) groups is 1. The predicted molar refractivity (Wildman–Crippen MR) is 72.4 cm³/mol. The van der Waals surface area contributed by atoms with Gasteiger partial charge in [0, 0.05) is 9.37 Å². The molecule has 2 aromatic rings. The highest BCUT2D eigenvalue weighted by Gasteiger charge is 2.08. The summed E-state index contributed by atoms with van der Waals surface area (Å²) in [5.41, 5.74) is 0. The second-order valence-corrected chi connectivity index (χ2v) is 5.62. The van der Waals surface area contributed by atoms with E-state index in [0.717, 1.165) is 9.37 Å². The van der Waals surface area contributed by atoms with Crippen LogP contribution in [0.15, 0.2) is 33.6 Å². The van der Waals surface area contributed by atoms with Gasteiger partial charge in [0.25, 0.3) is 0 Å². The van der Waals surface area contributed by atoms with Crippen molar-refractivity contribution >= 4 is 33.5 Å². The van der Waals surface area contributed by atoms with Crippen LogP contribution in [0.3, 0.4) is 0 Å². The number of ketones is 1. The molecular weight excluding hydrogens is 316 g/mol. The largest absolute Gasteiger partial charge is 0.298 e. The van der Waals surface area contributed by atoms with Crippen LogP contribution in [0.2, 0.25) is 0 Å². The van der Waals surface area contributed by atoms with Gasteiger partial charge < -0.3 is 0 Å². The molecule has 0 amide bonds. The zero-order valence-corrected chi connectivity index (χ0v) is 12.1. The number of benzene rings is 1. The van der Waals surface area contributed by atoms with Crippen molar-refractivity contribution in [3.8, 4) is 0 Å². The highest BCUT2D eigenvalue weighted by Crippen LogP contribution is 2.20. The third kappa shape index (κ3) is 3.92. The summed E-state index contributed by atoms with van der Waals surface area (Å²) in [6.45, 7) is 0. The van der Waals surface area contributed by atoms with E-state index in [4.69, 9.17) is 0 Å². The van der Waals surface area contributed by atoms with Gasteiger partial charge in [0.15, 0.2) is 11.6 Å². The van der Waals surface area contributed by atoms with Crippen LogP contribution in [-0.2, 0) is 18.3 Å². The van der Waals surface area contributed by atoms with E-state index in [9.17, 15) is 4.79 Å². The van der Waals surface area contributed by atoms with Crippen LogP contribution in [0.5, 0.6) is 0 Å². The number of carbonyl (C=O) groups excluding carboxylic acids is 1. The molecule has 0 fully saturated rings. The van der Waals surface area contributed by atoms with Crippen LogP contribution >= 0.6 is 27.7 Å². The predicted octanol–water partition coefficient (Wildman–Crippen LogP) is 1.88. The first kappa shape index (κ1) is 13.2. The van der Waals surface area contributed by atoms with Gasteiger partial charge in [0.2, 0.25) is 0 Å². The van der Waals surface area contributed by atoms with Crippen molar-refractivity contribution in [2.75, 3.05) is 5.75 Å². The van der Waals surface area contributed by atoms with E-state index in [1.54, 1.807) is 7.05 Å². The van der Waals surface area contributed by atoms with E-state index in [1.165, 1.54) is 16.6 Å². The van der Waals surface area contributed by atoms with Gasteiger partial charge in [-0.25, -0.2) is 0 Å². The third-order valence-electron chi connectivity index (χ3n) is 2.12. The second kappa shape index (κ2) is 6.10. The molecule has 7 heteroatoms. The van der Waals surface area contributed by atoms with Gasteiger partial charge in [-0.3, -0.25) is 4.79 Å². The van der Waals surface area contributed by atoms with E-state index in [1.807, 2.05) is 24.3 Å². The molecule has 0 radical (unpaired) electrons. The maximum Gasteiger partial charge on any atom is 0.182 e. The van der Waals surface area contributed by atoms with E-state index in [0.29, 0.717) is 11.6 Å². The van der Waals surface area contributed by atoms with Crippen LogP contribution in [0.4, 0.5) is 0 Å². The molecule has 0 saturated heterocycles. The molecule has 2 rings (SSSR count). The van der Waals surface area contributed by atoms with Crippen LogP contribution in [-0.4, -0.2) is 31.7 Å². The van der Waals surface area contributed by atoms with Gasteiger partial charge in [0.1, 0.15) is 0 Å². The molecule has 0 aliphatic rings. The molecule has 0 aliphatic carbocycles. The molecule has 18 heavy (non-hydrogen) atoms. The molecule has 0 bridgehead atoms. The van der Waals surface area contributed by atoms with Crippen LogP contribution in [0.25, 0.3) is 0 Å². The number of hydrogen-bond donors (Lipinski definition) is 0. The lowest BCUT2D eigenvalue weighted by Gasteiger charge is -2.00. The minimum atomic E-state index is 0.0934. The van der Waals surface area contributed by atoms with Crippen LogP contribution in [0.1, 0.15) is 5.82 Å². The number of aryl methyl sites for hydroxylation is 1. The molecular formula is C11H11BrN4OS. The first-order valence-corrected chi connectivity index (χ1v) is 7.04. The van der Waals surface area contributed by atoms with Crippen LogP contribution < -0.4 is 0 Å². The standard InChI is InChI=1S/C11H11BrN4OS/c1-16-14-11(13-15-16)6-9(17)7-18-10-4-2-8(12)3-5-10/h2-5H,6-7H2,1H3. The van der Waals surface area contributed by atoms with Gasteiger partial charge in [0.05, 0.1) is 19.2 Å². The highest BCUT2D eigenvalue weighted by atomic mass is 79.9. The summed E-state index contributed by atoms with van der Waals surface area (Å²) in [4.78, 5) is 14.1. The number of Topliss-reactive ketones (excluding diaryl/α,β-unsaturated/α-hetero) is 1. The van der Waals surface area contributed by atoms with Gasteiger partial charge in [-0.15, -0.1) is 22.0 Å². The fourth-order valence-corrected chi connectivity index (χ4v) is 2.34. The molecule has 0 unspecified atom stereocenters. The summed E-state index contributed by atoms with van der Waals surface area (Å²) in [7, 11) is 1.68. The van der Waals surface area contributed by atoms with Gasteiger partial charge in [-0.2, -0.15) is 4.80 Å². The van der Waals surface area contributed by atoms with Crippen LogP contribution in [0, 0.1) is 0 Å². The maximum absolute atomic E-state index is 11.7. The summed E-state index contributed by atoms with van der Waals surface area (Å²) in [6, 6.07) is 7.86. The average Bonchev–Trinajstić information content (AvgIpc) is 2.74. The van der Waals surface area contributed by atoms with E-state index in [2.05, 4.69) is 31.3 Å². The van der Waals surface area contributed by atoms with Crippen molar-refractivity contribution in [3.05, 3.63) is 34.6 Å². The number of tetrazole rings is 1. The molecule has 94 valence electrons. The molecule has 1 heterocycles. The lowest BCUT2D eigenvalue weighted by molar-refractivity contribution is -0.116. The smallest absolute Gasteiger partial charge is 0.182 e. The van der Waals surface area contributed by atoms with Gasteiger partial charge >= 0.3 is 0 Å². The number of rotatable bonds is 5. The summed E-state index contributed by atoms with van der Waals surface area (Å²) < 4.78 is 1.03. The second-order valence-electron chi connectivity index (χ2n) is 3.65. The Hall–Kier alpha value is -1.21. The topological polar surface area (TPSA) is 60.7 Å². The zero-order chi connectivity index (χ0) is 13.0. The molecule has 1 aromatic carbocycles. The summed E-state index contributed by atoms with van der Waals surface area (Å²) in [5, 5.41) is 11.5. The van der Waals surface area contributed by atoms with Gasteiger partial charge in [-0.1, -0.05) is 15.9 Å². The highest BCUT2D eigenvalue weighted by molar-refractivity contribution is 9.10. The summed E-state index contributed by atoms with van der Waals surface area (Å²) >= 11 is 4.88. The molecule has 0 spiro atoms. The number of aromatic nitrogens is 4. The van der Waals surface area contributed by atoms with Gasteiger partial charge in [-0.05, 0) is 29.5 Å². The normalized spacial score (nSPS) is 10.6. The monoisotopic (exact) mass is 326 g/mol. The number of thioether (sulfide) groups is 1. The molecule has 0 atom stereocenters. The number of halogens is 1. The minimum Gasteiger partial charge on any atom is -0.298 e. The Bertz CT molecular complexity index is 540. The Kier molecular flexibility index (Phi) is 4.48. The molecule has 0 N–H and O–H groups in total. The molecule has 0 aliphatic heterocycles. The maximum atomic E-state index is 11.7. The number of hydrogen-bond acceptors (Lipinski definition) is 5. The van der Waals surface area contributed by atoms with E-state index >= 15 is 0 Å². The third-order valence-corrected chi connectivity index (χ3v) is 3.72. The molecule has 1 aromatic heterocycles. The summed E-state index contributed by atoms with van der Waals surface area (Å²) in [5.74, 6) is 0.981. The quantitative estimate of drug-likeness (QED) is 0.785. The minimum absolute atomic E-state index is 0.0934. The Labute approximate surface area is 117 Å². The van der Waals surface area contributed by atoms with Crippen molar-refractivity contribution in [2.45, 2.75) is 11.3 Å². The first-order chi connectivity index (χ1) is 8.63. The first-order valence-electron chi connectivity index (χ1n) is 5.26. The van der Waals surface area contributed by atoms with Crippen molar-refractivity contribution in [1.82, 2.24) is 20.2 Å². The van der Waals surface area contributed by atoms with Crippen molar-refractivity contribution in [2.24, 2.45) is 7.05 Å². The fraction of sp³-hybridized carbons (Fsp3) is 0.273. The average molecular weight is 327 g/mol. The Morgan fingerprint density at radius 1 is 1.39 bits per heavy atom.